The number of nitrogens with zero attached hydrogens (tertiary/aromatic N) is 3. The zero-order valence-electron chi connectivity index (χ0n) is 17.7. The average Bonchev–Trinajstić information content (AvgIpc) is 3.38. The quantitative estimate of drug-likeness (QED) is 0.482. The van der Waals surface area contributed by atoms with Crippen LogP contribution in [0.25, 0.3) is 10.9 Å². The van der Waals surface area contributed by atoms with Gasteiger partial charge in [0.15, 0.2) is 0 Å². The lowest BCUT2D eigenvalue weighted by Gasteiger charge is -2.13. The fraction of sp³-hybridized carbons (Fsp3) is 0.348. The summed E-state index contributed by atoms with van der Waals surface area (Å²) in [6.07, 6.45) is -0.0619. The maximum absolute atomic E-state index is 11.9. The average molecular weight is 502 g/mol. The lowest BCUT2D eigenvalue weighted by atomic mass is 10.1. The summed E-state index contributed by atoms with van der Waals surface area (Å²) in [5.41, 5.74) is 2.44. The monoisotopic (exact) mass is 501 g/mol. The number of carboxylic acid groups (broad SMARTS) is 1. The summed E-state index contributed by atoms with van der Waals surface area (Å²) in [4.78, 5) is 24.7. The second kappa shape index (κ2) is 9.60. The summed E-state index contributed by atoms with van der Waals surface area (Å²) in [6, 6.07) is 13.3. The molecule has 3 aromatic rings. The molecule has 0 saturated carbocycles. The Morgan fingerprint density at radius 3 is 2.81 bits per heavy atom. The smallest absolute Gasteiger partial charge is 0.407 e. The van der Waals surface area contributed by atoms with Gasteiger partial charge in [-0.1, -0.05) is 34.1 Å². The maximum Gasteiger partial charge on any atom is 0.407 e. The van der Waals surface area contributed by atoms with Gasteiger partial charge in [0.05, 0.1) is 24.6 Å². The van der Waals surface area contributed by atoms with E-state index in [0.29, 0.717) is 31.9 Å². The number of benzene rings is 2. The van der Waals surface area contributed by atoms with Crippen LogP contribution >= 0.6 is 15.9 Å². The van der Waals surface area contributed by atoms with E-state index in [2.05, 4.69) is 15.9 Å². The number of esters is 1. The third kappa shape index (κ3) is 4.72. The third-order valence-electron chi connectivity index (χ3n) is 5.50. The zero-order valence-corrected chi connectivity index (χ0v) is 19.2. The van der Waals surface area contributed by atoms with Crippen LogP contribution in [-0.4, -0.2) is 51.5 Å². The van der Waals surface area contributed by atoms with Crippen LogP contribution in [0.5, 0.6) is 5.75 Å². The van der Waals surface area contributed by atoms with Gasteiger partial charge < -0.3 is 19.5 Å². The minimum atomic E-state index is -0.909. The van der Waals surface area contributed by atoms with Gasteiger partial charge in [-0.15, -0.1) is 0 Å². The van der Waals surface area contributed by atoms with Crippen molar-refractivity contribution in [2.45, 2.75) is 32.4 Å². The lowest BCUT2D eigenvalue weighted by Crippen LogP contribution is -2.27. The first-order chi connectivity index (χ1) is 15.5. The number of fused-ring (bicyclic) bond motifs is 1. The number of amides is 1. The molecular weight excluding hydrogens is 478 g/mol. The highest BCUT2D eigenvalue weighted by Crippen LogP contribution is 2.30. The first-order valence-electron chi connectivity index (χ1n) is 10.5. The molecule has 0 spiro atoms. The van der Waals surface area contributed by atoms with Crippen molar-refractivity contribution >= 4 is 38.9 Å². The van der Waals surface area contributed by atoms with Crippen molar-refractivity contribution in [3.05, 3.63) is 58.2 Å². The van der Waals surface area contributed by atoms with Gasteiger partial charge in [-0.05, 0) is 37.6 Å². The summed E-state index contributed by atoms with van der Waals surface area (Å²) in [5, 5.41) is 15.0. The third-order valence-corrected chi connectivity index (χ3v) is 5.99. The Kier molecular flexibility index (Phi) is 6.64. The number of hydrogen-bond acceptors (Lipinski definition) is 5. The van der Waals surface area contributed by atoms with Crippen LogP contribution in [0.4, 0.5) is 4.79 Å². The Hall–Kier alpha value is -3.07. The van der Waals surface area contributed by atoms with Gasteiger partial charge in [0.1, 0.15) is 18.1 Å². The Morgan fingerprint density at radius 1 is 1.25 bits per heavy atom. The lowest BCUT2D eigenvalue weighted by molar-refractivity contribution is -0.142. The predicted molar refractivity (Wildman–Crippen MR) is 122 cm³/mol. The topological polar surface area (TPSA) is 93.9 Å². The van der Waals surface area contributed by atoms with Crippen molar-refractivity contribution in [2.75, 3.05) is 19.7 Å². The van der Waals surface area contributed by atoms with E-state index in [1.807, 2.05) is 47.1 Å². The number of carbonyl (C=O) groups excluding carboxylic acids is 1. The Morgan fingerprint density at radius 2 is 2.06 bits per heavy atom. The maximum atomic E-state index is 11.9. The van der Waals surface area contributed by atoms with Gasteiger partial charge in [-0.3, -0.25) is 9.48 Å². The first-order valence-corrected chi connectivity index (χ1v) is 11.3. The molecule has 168 valence electrons. The molecule has 32 heavy (non-hydrogen) atoms. The minimum absolute atomic E-state index is 0.0281. The van der Waals surface area contributed by atoms with E-state index in [0.717, 1.165) is 26.6 Å². The molecule has 2 aromatic carbocycles. The Bertz CT molecular complexity index is 1150. The van der Waals surface area contributed by atoms with Crippen LogP contribution in [0.2, 0.25) is 0 Å². The highest BCUT2D eigenvalue weighted by Gasteiger charge is 2.29. The predicted octanol–water partition coefficient (Wildman–Crippen LogP) is 4.41. The molecule has 0 radical (unpaired) electrons. The molecule has 9 heteroatoms. The van der Waals surface area contributed by atoms with E-state index in [9.17, 15) is 14.7 Å². The summed E-state index contributed by atoms with van der Waals surface area (Å²) < 4.78 is 14.0. The molecule has 0 unspecified atom stereocenters. The normalized spacial score (nSPS) is 15.8. The fourth-order valence-electron chi connectivity index (χ4n) is 3.98. The standard InChI is InChI=1S/C23H24BrN3O5/c1-2-31-22(28)11-15-5-3-4-6-21(15)32-14-19-18-12-16(24)7-8-20(18)27(25-19)17-9-10-26(13-17)23(29)30/h3-8,12,17H,2,9-11,13-14H2,1H3,(H,29,30)/t17-/m1/s1. The van der Waals surface area contributed by atoms with E-state index in [4.69, 9.17) is 14.6 Å². The van der Waals surface area contributed by atoms with Gasteiger partial charge >= 0.3 is 12.1 Å². The molecule has 1 saturated heterocycles. The molecule has 1 aromatic heterocycles. The molecular formula is C23H24BrN3O5. The van der Waals surface area contributed by atoms with Crippen LogP contribution in [0.1, 0.15) is 30.6 Å². The fourth-order valence-corrected chi connectivity index (χ4v) is 4.34. The number of carbonyl (C=O) groups is 2. The number of para-hydroxylation sites is 1. The Balaban J connectivity index is 1.59. The summed E-state index contributed by atoms with van der Waals surface area (Å²) >= 11 is 3.52. The number of rotatable bonds is 7. The van der Waals surface area contributed by atoms with Gasteiger partial charge in [0.2, 0.25) is 0 Å². The molecule has 1 aliphatic heterocycles. The van der Waals surface area contributed by atoms with Crippen LogP contribution in [0.3, 0.4) is 0 Å². The number of aromatic nitrogens is 2. The van der Waals surface area contributed by atoms with E-state index in [1.165, 1.54) is 4.90 Å². The van der Waals surface area contributed by atoms with Gasteiger partial charge in [0, 0.05) is 28.5 Å². The van der Waals surface area contributed by atoms with E-state index in [-0.39, 0.29) is 25.0 Å². The first kappa shape index (κ1) is 22.1. The largest absolute Gasteiger partial charge is 0.487 e. The molecule has 1 fully saturated rings. The molecule has 4 rings (SSSR count). The number of hydrogen-bond donors (Lipinski definition) is 1. The summed E-state index contributed by atoms with van der Waals surface area (Å²) in [6.45, 7) is 3.23. The van der Waals surface area contributed by atoms with E-state index >= 15 is 0 Å². The molecule has 0 aliphatic carbocycles. The van der Waals surface area contributed by atoms with Gasteiger partial charge in [-0.25, -0.2) is 4.79 Å². The van der Waals surface area contributed by atoms with Gasteiger partial charge in [0.25, 0.3) is 0 Å². The Labute approximate surface area is 193 Å². The van der Waals surface area contributed by atoms with Crippen molar-refractivity contribution in [1.29, 1.82) is 0 Å². The molecule has 1 aliphatic rings. The number of halogens is 1. The molecule has 1 N–H and O–H groups in total. The zero-order chi connectivity index (χ0) is 22.7. The second-order valence-electron chi connectivity index (χ2n) is 7.60. The SMILES string of the molecule is CCOC(=O)Cc1ccccc1OCc1nn([C@@H]2CCN(C(=O)O)C2)c2ccc(Br)cc12. The van der Waals surface area contributed by atoms with Crippen LogP contribution in [0, 0.1) is 0 Å². The van der Waals surface area contributed by atoms with Crippen molar-refractivity contribution in [3.63, 3.8) is 0 Å². The molecule has 0 bridgehead atoms. The number of ether oxygens (including phenoxy) is 2. The molecule has 1 amide bonds. The highest BCUT2D eigenvalue weighted by atomic mass is 79.9. The van der Waals surface area contributed by atoms with Gasteiger partial charge in [-0.2, -0.15) is 5.10 Å². The van der Waals surface area contributed by atoms with Crippen LogP contribution < -0.4 is 4.74 Å². The van der Waals surface area contributed by atoms with Crippen molar-refractivity contribution < 1.29 is 24.2 Å². The summed E-state index contributed by atoms with van der Waals surface area (Å²) in [5.74, 6) is 0.308. The van der Waals surface area contributed by atoms with Crippen molar-refractivity contribution in [1.82, 2.24) is 14.7 Å². The van der Waals surface area contributed by atoms with Crippen molar-refractivity contribution in [3.8, 4) is 5.75 Å². The van der Waals surface area contributed by atoms with Crippen LogP contribution in [-0.2, 0) is 22.6 Å². The molecule has 8 nitrogen and oxygen atoms in total. The second-order valence-corrected chi connectivity index (χ2v) is 8.52. The summed E-state index contributed by atoms with van der Waals surface area (Å²) in [7, 11) is 0. The van der Waals surface area contributed by atoms with Crippen molar-refractivity contribution in [2.24, 2.45) is 0 Å². The van der Waals surface area contributed by atoms with Crippen LogP contribution in [0.15, 0.2) is 46.9 Å². The molecule has 1 atom stereocenters. The number of likely N-dealkylation sites (tertiary alicyclic amines) is 1. The highest BCUT2D eigenvalue weighted by molar-refractivity contribution is 9.10. The van der Waals surface area contributed by atoms with E-state index in [1.54, 1.807) is 6.92 Å². The van der Waals surface area contributed by atoms with E-state index < -0.39 is 6.09 Å². The molecule has 2 heterocycles. The minimum Gasteiger partial charge on any atom is -0.487 e.